The molecule has 1 aliphatic rings. The summed E-state index contributed by atoms with van der Waals surface area (Å²) in [4.78, 5) is 44.9. The fourth-order valence-corrected chi connectivity index (χ4v) is 4.72. The Labute approximate surface area is 171 Å². The van der Waals surface area contributed by atoms with E-state index in [4.69, 9.17) is 4.74 Å². The molecule has 2 heterocycles. The van der Waals surface area contributed by atoms with Gasteiger partial charge in [-0.15, -0.1) is 11.3 Å². The van der Waals surface area contributed by atoms with Gasteiger partial charge in [0.1, 0.15) is 15.5 Å². The first-order chi connectivity index (χ1) is 13.8. The number of H-pyrrole nitrogens is 1. The van der Waals surface area contributed by atoms with E-state index in [-0.39, 0.29) is 10.4 Å². The molecule has 0 radical (unpaired) electrons. The van der Waals surface area contributed by atoms with Gasteiger partial charge in [0.25, 0.3) is 11.5 Å². The van der Waals surface area contributed by atoms with Crippen LogP contribution < -0.4 is 10.9 Å². The van der Waals surface area contributed by atoms with Gasteiger partial charge in [-0.05, 0) is 68.9 Å². The average Bonchev–Trinajstić information content (AvgIpc) is 3.25. The Balaban J connectivity index is 1.48. The standard InChI is InChI=1S/C21H21N3O4S/c1-10-16-19(26)22-12(3)23-20(16)29-17(10)21(27)28-11(2)18(25)24-15-8-7-13-5-4-6-14(13)9-15/h7-9,11H,4-6H2,1-3H3,(H,24,25)(H,22,23,26)/t11-/m0/s1. The molecule has 0 spiro atoms. The highest BCUT2D eigenvalue weighted by Crippen LogP contribution is 2.28. The molecule has 8 heteroatoms. The summed E-state index contributed by atoms with van der Waals surface area (Å²) in [5, 5.41) is 3.18. The number of carbonyl (C=O) groups excluding carboxylic acids is 2. The molecule has 7 nitrogen and oxygen atoms in total. The average molecular weight is 411 g/mol. The lowest BCUT2D eigenvalue weighted by molar-refractivity contribution is -0.123. The molecule has 0 bridgehead atoms. The lowest BCUT2D eigenvalue weighted by Crippen LogP contribution is -2.30. The van der Waals surface area contributed by atoms with E-state index in [1.807, 2.05) is 18.2 Å². The molecule has 29 heavy (non-hydrogen) atoms. The molecular formula is C21H21N3O4S. The molecule has 0 unspecified atom stereocenters. The third-order valence-corrected chi connectivity index (χ3v) is 6.29. The predicted molar refractivity (Wildman–Crippen MR) is 112 cm³/mol. The Morgan fingerprint density at radius 1 is 1.24 bits per heavy atom. The Kier molecular flexibility index (Phi) is 4.96. The zero-order valence-corrected chi connectivity index (χ0v) is 17.2. The molecule has 1 aromatic carbocycles. The largest absolute Gasteiger partial charge is 0.448 e. The lowest BCUT2D eigenvalue weighted by Gasteiger charge is -2.14. The van der Waals surface area contributed by atoms with Crippen LogP contribution in [-0.4, -0.2) is 27.9 Å². The molecule has 2 aromatic heterocycles. The van der Waals surface area contributed by atoms with E-state index < -0.39 is 18.0 Å². The number of hydrogen-bond acceptors (Lipinski definition) is 6. The summed E-state index contributed by atoms with van der Waals surface area (Å²) < 4.78 is 5.36. The van der Waals surface area contributed by atoms with Crippen molar-refractivity contribution in [3.63, 3.8) is 0 Å². The second-order valence-corrected chi connectivity index (χ2v) is 8.26. The van der Waals surface area contributed by atoms with Gasteiger partial charge in [-0.2, -0.15) is 0 Å². The first kappa shape index (κ1) is 19.3. The predicted octanol–water partition coefficient (Wildman–Crippen LogP) is 3.27. The van der Waals surface area contributed by atoms with Crippen molar-refractivity contribution in [1.82, 2.24) is 9.97 Å². The molecule has 150 valence electrons. The Bertz CT molecular complexity index is 1190. The van der Waals surface area contributed by atoms with Crippen LogP contribution in [0.2, 0.25) is 0 Å². The Hall–Kier alpha value is -3.00. The minimum absolute atomic E-state index is 0.279. The number of nitrogens with one attached hydrogen (secondary N) is 2. The van der Waals surface area contributed by atoms with E-state index >= 15 is 0 Å². The monoisotopic (exact) mass is 411 g/mol. The van der Waals surface area contributed by atoms with Crippen LogP contribution in [-0.2, 0) is 22.4 Å². The number of carbonyl (C=O) groups is 2. The van der Waals surface area contributed by atoms with Crippen molar-refractivity contribution in [2.24, 2.45) is 0 Å². The van der Waals surface area contributed by atoms with Crippen LogP contribution in [0.5, 0.6) is 0 Å². The molecule has 0 saturated heterocycles. The van der Waals surface area contributed by atoms with Gasteiger partial charge in [-0.3, -0.25) is 9.59 Å². The highest BCUT2D eigenvalue weighted by Gasteiger charge is 2.24. The second kappa shape index (κ2) is 7.44. The maximum Gasteiger partial charge on any atom is 0.349 e. The van der Waals surface area contributed by atoms with Gasteiger partial charge in [-0.1, -0.05) is 6.07 Å². The number of nitrogens with zero attached hydrogens (tertiary/aromatic N) is 1. The minimum Gasteiger partial charge on any atom is -0.448 e. The Morgan fingerprint density at radius 3 is 2.79 bits per heavy atom. The van der Waals surface area contributed by atoms with Crippen LogP contribution in [0, 0.1) is 13.8 Å². The molecule has 4 rings (SSSR count). The van der Waals surface area contributed by atoms with Crippen molar-refractivity contribution in [3.8, 4) is 0 Å². The van der Waals surface area contributed by atoms with Gasteiger partial charge in [-0.25, -0.2) is 9.78 Å². The van der Waals surface area contributed by atoms with E-state index in [0.717, 1.165) is 30.6 Å². The number of aryl methyl sites for hydroxylation is 4. The quantitative estimate of drug-likeness (QED) is 0.642. The van der Waals surface area contributed by atoms with E-state index in [1.54, 1.807) is 13.8 Å². The first-order valence-corrected chi connectivity index (χ1v) is 10.3. The summed E-state index contributed by atoms with van der Waals surface area (Å²) in [6.07, 6.45) is 2.24. The number of anilines is 1. The number of thiophene rings is 1. The number of ether oxygens (including phenoxy) is 1. The van der Waals surface area contributed by atoms with Crippen molar-refractivity contribution in [1.29, 1.82) is 0 Å². The zero-order chi connectivity index (χ0) is 20.7. The summed E-state index contributed by atoms with van der Waals surface area (Å²) in [5.74, 6) is -0.563. The minimum atomic E-state index is -0.978. The molecular weight excluding hydrogens is 390 g/mol. The van der Waals surface area contributed by atoms with Crippen LogP contribution in [0.1, 0.15) is 45.5 Å². The van der Waals surface area contributed by atoms with Gasteiger partial charge in [0, 0.05) is 5.69 Å². The molecule has 0 saturated carbocycles. The third kappa shape index (κ3) is 3.67. The van der Waals surface area contributed by atoms with Gasteiger partial charge >= 0.3 is 5.97 Å². The number of rotatable bonds is 4. The fraction of sp³-hybridized carbons (Fsp3) is 0.333. The third-order valence-electron chi connectivity index (χ3n) is 5.12. The SMILES string of the molecule is Cc1nc2sc(C(=O)O[C@@H](C)C(=O)Nc3ccc4c(c3)CCC4)c(C)c2c(=O)[nH]1. The zero-order valence-electron chi connectivity index (χ0n) is 16.4. The molecule has 2 N–H and O–H groups in total. The molecule has 3 aromatic rings. The van der Waals surface area contributed by atoms with Crippen LogP contribution in [0.4, 0.5) is 5.69 Å². The first-order valence-electron chi connectivity index (χ1n) is 9.47. The number of esters is 1. The number of fused-ring (bicyclic) bond motifs is 2. The van der Waals surface area contributed by atoms with Crippen molar-refractivity contribution < 1.29 is 14.3 Å². The molecule has 0 fully saturated rings. The molecule has 1 amide bonds. The number of aromatic amines is 1. The van der Waals surface area contributed by atoms with Gasteiger partial charge in [0.15, 0.2) is 6.10 Å². The highest BCUT2D eigenvalue weighted by molar-refractivity contribution is 7.20. The second-order valence-electron chi connectivity index (χ2n) is 7.26. The highest BCUT2D eigenvalue weighted by atomic mass is 32.1. The van der Waals surface area contributed by atoms with Crippen molar-refractivity contribution in [2.45, 2.75) is 46.1 Å². The van der Waals surface area contributed by atoms with E-state index in [2.05, 4.69) is 15.3 Å². The number of amides is 1. The van der Waals surface area contributed by atoms with Gasteiger partial charge in [0.05, 0.1) is 5.39 Å². The van der Waals surface area contributed by atoms with Gasteiger partial charge < -0.3 is 15.0 Å². The molecule has 0 aliphatic heterocycles. The van der Waals surface area contributed by atoms with Crippen molar-refractivity contribution in [3.05, 3.63) is 55.9 Å². The van der Waals surface area contributed by atoms with Crippen molar-refractivity contribution in [2.75, 3.05) is 5.32 Å². The van der Waals surface area contributed by atoms with Crippen LogP contribution in [0.25, 0.3) is 10.2 Å². The summed E-state index contributed by atoms with van der Waals surface area (Å²) in [7, 11) is 0. The van der Waals surface area contributed by atoms with E-state index in [0.29, 0.717) is 27.3 Å². The maximum absolute atomic E-state index is 12.6. The molecule has 1 atom stereocenters. The van der Waals surface area contributed by atoms with Crippen LogP contribution >= 0.6 is 11.3 Å². The van der Waals surface area contributed by atoms with E-state index in [9.17, 15) is 14.4 Å². The van der Waals surface area contributed by atoms with Crippen LogP contribution in [0.15, 0.2) is 23.0 Å². The topological polar surface area (TPSA) is 101 Å². The number of benzene rings is 1. The lowest BCUT2D eigenvalue weighted by atomic mass is 10.1. The van der Waals surface area contributed by atoms with Gasteiger partial charge in [0.2, 0.25) is 0 Å². The van der Waals surface area contributed by atoms with Crippen LogP contribution in [0.3, 0.4) is 0 Å². The summed E-state index contributed by atoms with van der Waals surface area (Å²) >= 11 is 1.09. The summed E-state index contributed by atoms with van der Waals surface area (Å²) in [6.45, 7) is 4.88. The normalized spacial score (nSPS) is 13.9. The summed E-state index contributed by atoms with van der Waals surface area (Å²) in [6, 6.07) is 5.87. The fourth-order valence-electron chi connectivity index (χ4n) is 3.61. The number of aromatic nitrogens is 2. The van der Waals surface area contributed by atoms with Crippen molar-refractivity contribution >= 4 is 39.1 Å². The van der Waals surface area contributed by atoms with E-state index in [1.165, 1.54) is 18.1 Å². The number of hydrogen-bond donors (Lipinski definition) is 2. The molecule has 1 aliphatic carbocycles. The maximum atomic E-state index is 12.6. The summed E-state index contributed by atoms with van der Waals surface area (Å²) in [5.41, 5.74) is 3.49. The Morgan fingerprint density at radius 2 is 2.00 bits per heavy atom. The smallest absolute Gasteiger partial charge is 0.349 e.